The molecule has 1 aromatic rings. The van der Waals surface area contributed by atoms with Crippen molar-refractivity contribution >= 4 is 0 Å². The number of alkyl halides is 2. The average molecular weight is 175 g/mol. The second-order valence-electron chi connectivity index (χ2n) is 2.14. The molecule has 12 heavy (non-hydrogen) atoms. The molecule has 0 unspecified atom stereocenters. The highest BCUT2D eigenvalue weighted by Gasteiger charge is 2.08. The van der Waals surface area contributed by atoms with Crippen LogP contribution in [0.5, 0.6) is 5.75 Å². The Labute approximate surface area is 67.8 Å². The molecular formula is C8H6F3O. The summed E-state index contributed by atoms with van der Waals surface area (Å²) in [5.74, 6) is -1.29. The molecule has 4 heteroatoms. The van der Waals surface area contributed by atoms with Crippen LogP contribution in [-0.4, -0.2) is 6.61 Å². The molecule has 1 nitrogen and oxygen atoms in total. The lowest BCUT2D eigenvalue weighted by atomic mass is 10.2. The number of rotatable bonds is 2. The predicted molar refractivity (Wildman–Crippen MR) is 37.5 cm³/mol. The Morgan fingerprint density at radius 1 is 1.33 bits per heavy atom. The van der Waals surface area contributed by atoms with Gasteiger partial charge in [-0.25, -0.2) is 4.39 Å². The first-order valence-corrected chi connectivity index (χ1v) is 3.16. The Kier molecular flexibility index (Phi) is 2.58. The molecule has 0 saturated heterocycles. The van der Waals surface area contributed by atoms with Gasteiger partial charge in [0.2, 0.25) is 0 Å². The first-order chi connectivity index (χ1) is 5.59. The first kappa shape index (κ1) is 8.90. The van der Waals surface area contributed by atoms with E-state index in [0.717, 1.165) is 12.1 Å². The van der Waals surface area contributed by atoms with Crippen molar-refractivity contribution in [2.45, 2.75) is 6.61 Å². The average Bonchev–Trinajstić information content (AvgIpc) is 1.96. The number of hydrogen-bond donors (Lipinski definition) is 0. The van der Waals surface area contributed by atoms with E-state index in [1.807, 2.05) is 0 Å². The Morgan fingerprint density at radius 2 is 2.00 bits per heavy atom. The van der Waals surface area contributed by atoms with Gasteiger partial charge in [0.05, 0.1) is 0 Å². The summed E-state index contributed by atoms with van der Waals surface area (Å²) in [6, 6.07) is 3.51. The second kappa shape index (κ2) is 3.47. The van der Waals surface area contributed by atoms with Crippen molar-refractivity contribution in [1.82, 2.24) is 0 Å². The molecule has 1 radical (unpaired) electrons. The van der Waals surface area contributed by atoms with E-state index in [1.54, 1.807) is 0 Å². The molecule has 0 N–H and O–H groups in total. The van der Waals surface area contributed by atoms with Crippen molar-refractivity contribution in [3.63, 3.8) is 0 Å². The lowest BCUT2D eigenvalue weighted by Gasteiger charge is -2.05. The zero-order chi connectivity index (χ0) is 9.14. The van der Waals surface area contributed by atoms with Crippen LogP contribution in [0.15, 0.2) is 18.2 Å². The van der Waals surface area contributed by atoms with Crippen LogP contribution < -0.4 is 4.74 Å². The van der Waals surface area contributed by atoms with Gasteiger partial charge in [-0.1, -0.05) is 6.07 Å². The molecule has 0 aliphatic carbocycles. The van der Waals surface area contributed by atoms with E-state index in [1.165, 1.54) is 6.07 Å². The van der Waals surface area contributed by atoms with Crippen molar-refractivity contribution in [3.05, 3.63) is 36.5 Å². The third kappa shape index (κ3) is 2.15. The third-order valence-electron chi connectivity index (χ3n) is 1.21. The van der Waals surface area contributed by atoms with Crippen molar-refractivity contribution in [3.8, 4) is 5.75 Å². The summed E-state index contributed by atoms with van der Waals surface area (Å²) < 4.78 is 39.8. The summed E-state index contributed by atoms with van der Waals surface area (Å²) in [4.78, 5) is 0. The zero-order valence-corrected chi connectivity index (χ0v) is 6.06. The standard InChI is InChI=1S/C8H6F3O/c1-5-2-3-6(9)7(4-5)12-8(10)11/h2-4,8H,1H2. The van der Waals surface area contributed by atoms with E-state index in [9.17, 15) is 13.2 Å². The SMILES string of the molecule is [CH2]c1ccc(F)c(OC(F)F)c1. The molecule has 0 aromatic heterocycles. The van der Waals surface area contributed by atoms with Gasteiger partial charge in [0.1, 0.15) is 0 Å². The lowest BCUT2D eigenvalue weighted by Crippen LogP contribution is -2.03. The van der Waals surface area contributed by atoms with Crippen molar-refractivity contribution in [2.75, 3.05) is 0 Å². The predicted octanol–water partition coefficient (Wildman–Crippen LogP) is 2.61. The highest BCUT2D eigenvalue weighted by atomic mass is 19.3. The van der Waals surface area contributed by atoms with Gasteiger partial charge in [0.25, 0.3) is 0 Å². The van der Waals surface area contributed by atoms with Crippen LogP contribution in [0.1, 0.15) is 5.56 Å². The highest BCUT2D eigenvalue weighted by Crippen LogP contribution is 2.20. The Hall–Kier alpha value is -1.19. The molecule has 0 aliphatic heterocycles. The Balaban J connectivity index is 2.90. The van der Waals surface area contributed by atoms with Gasteiger partial charge in [0.15, 0.2) is 11.6 Å². The van der Waals surface area contributed by atoms with E-state index in [4.69, 9.17) is 0 Å². The van der Waals surface area contributed by atoms with Crippen LogP contribution in [0.2, 0.25) is 0 Å². The summed E-state index contributed by atoms with van der Waals surface area (Å²) in [5, 5.41) is 0. The molecule has 0 fully saturated rings. The summed E-state index contributed by atoms with van der Waals surface area (Å²) in [6.45, 7) is 0.425. The molecule has 0 heterocycles. The second-order valence-corrected chi connectivity index (χ2v) is 2.14. The van der Waals surface area contributed by atoms with E-state index >= 15 is 0 Å². The molecule has 0 aliphatic rings. The van der Waals surface area contributed by atoms with Gasteiger partial charge in [-0.2, -0.15) is 8.78 Å². The van der Waals surface area contributed by atoms with Crippen LogP contribution in [0.4, 0.5) is 13.2 Å². The molecule has 0 bridgehead atoms. The quantitative estimate of drug-likeness (QED) is 0.671. The van der Waals surface area contributed by atoms with E-state index in [2.05, 4.69) is 11.7 Å². The van der Waals surface area contributed by atoms with E-state index < -0.39 is 18.2 Å². The zero-order valence-electron chi connectivity index (χ0n) is 6.06. The minimum atomic E-state index is -3.01. The van der Waals surface area contributed by atoms with Gasteiger partial charge < -0.3 is 4.74 Å². The van der Waals surface area contributed by atoms with Gasteiger partial charge in [0, 0.05) is 0 Å². The maximum Gasteiger partial charge on any atom is 0.387 e. The van der Waals surface area contributed by atoms with Crippen LogP contribution in [-0.2, 0) is 0 Å². The Bertz CT molecular complexity index is 273. The summed E-state index contributed by atoms with van der Waals surface area (Å²) in [6.07, 6.45) is 0. The van der Waals surface area contributed by atoms with E-state index in [-0.39, 0.29) is 0 Å². The first-order valence-electron chi connectivity index (χ1n) is 3.16. The molecular weight excluding hydrogens is 169 g/mol. The molecule has 1 aromatic carbocycles. The van der Waals surface area contributed by atoms with Gasteiger partial charge in [-0.15, -0.1) is 0 Å². The number of hydrogen-bond acceptors (Lipinski definition) is 1. The maximum absolute atomic E-state index is 12.6. The topological polar surface area (TPSA) is 9.23 Å². The summed E-state index contributed by atoms with van der Waals surface area (Å²) in [7, 11) is 0. The number of ether oxygens (including phenoxy) is 1. The fourth-order valence-electron chi connectivity index (χ4n) is 0.734. The number of benzene rings is 1. The van der Waals surface area contributed by atoms with Crippen molar-refractivity contribution < 1.29 is 17.9 Å². The molecule has 0 amide bonds. The molecule has 0 spiro atoms. The van der Waals surface area contributed by atoms with Gasteiger partial charge in [-0.05, 0) is 24.6 Å². The fraction of sp³-hybridized carbons (Fsp3) is 0.125. The fourth-order valence-corrected chi connectivity index (χ4v) is 0.734. The van der Waals surface area contributed by atoms with Crippen LogP contribution in [0.25, 0.3) is 0 Å². The van der Waals surface area contributed by atoms with Gasteiger partial charge >= 0.3 is 6.61 Å². The minimum absolute atomic E-state index is 0.423. The van der Waals surface area contributed by atoms with Gasteiger partial charge in [-0.3, -0.25) is 0 Å². The van der Waals surface area contributed by atoms with Crippen LogP contribution in [0.3, 0.4) is 0 Å². The summed E-state index contributed by atoms with van der Waals surface area (Å²) >= 11 is 0. The normalized spacial score (nSPS) is 10.4. The maximum atomic E-state index is 12.6. The van der Waals surface area contributed by atoms with Crippen LogP contribution in [0, 0.1) is 12.7 Å². The summed E-state index contributed by atoms with van der Waals surface area (Å²) in [5.41, 5.74) is 0.423. The Morgan fingerprint density at radius 3 is 2.58 bits per heavy atom. The lowest BCUT2D eigenvalue weighted by molar-refractivity contribution is -0.0522. The third-order valence-corrected chi connectivity index (χ3v) is 1.21. The smallest absolute Gasteiger partial charge is 0.387 e. The number of halogens is 3. The van der Waals surface area contributed by atoms with Crippen molar-refractivity contribution in [1.29, 1.82) is 0 Å². The van der Waals surface area contributed by atoms with Crippen molar-refractivity contribution in [2.24, 2.45) is 0 Å². The highest BCUT2D eigenvalue weighted by molar-refractivity contribution is 5.31. The molecule has 65 valence electrons. The molecule has 0 atom stereocenters. The molecule has 1 rings (SSSR count). The molecule has 0 saturated carbocycles. The minimum Gasteiger partial charge on any atom is -0.432 e. The van der Waals surface area contributed by atoms with E-state index in [0.29, 0.717) is 5.56 Å². The largest absolute Gasteiger partial charge is 0.432 e. The van der Waals surface area contributed by atoms with Crippen LogP contribution >= 0.6 is 0 Å². The monoisotopic (exact) mass is 175 g/mol.